The number of alkyl halides is 1. The summed E-state index contributed by atoms with van der Waals surface area (Å²) in [6.07, 6.45) is 3.33. The second-order valence-electron chi connectivity index (χ2n) is 2.65. The van der Waals surface area contributed by atoms with Gasteiger partial charge in [-0.2, -0.15) is 0 Å². The highest BCUT2D eigenvalue weighted by atomic mass is 79.9. The Labute approximate surface area is 99.0 Å². The summed E-state index contributed by atoms with van der Waals surface area (Å²) in [6, 6.07) is 2.14. The van der Waals surface area contributed by atoms with E-state index in [1.54, 1.807) is 12.4 Å². The third kappa shape index (κ3) is 2.66. The Kier molecular flexibility index (Phi) is 3.17. The van der Waals surface area contributed by atoms with Crippen LogP contribution in [0.2, 0.25) is 0 Å². The van der Waals surface area contributed by atoms with Crippen molar-refractivity contribution in [2.24, 2.45) is 0 Å². The predicted octanol–water partition coefficient (Wildman–Crippen LogP) is 2.71. The molecule has 0 aliphatic carbocycles. The van der Waals surface area contributed by atoms with Gasteiger partial charge in [-0.25, -0.2) is 0 Å². The molecular formula is C8H6BrClN4O. The first kappa shape index (κ1) is 10.4. The Morgan fingerprint density at radius 3 is 2.93 bits per heavy atom. The number of halogens is 2. The van der Waals surface area contributed by atoms with Crippen molar-refractivity contribution >= 4 is 39.2 Å². The summed E-state index contributed by atoms with van der Waals surface area (Å²) in [5.41, 5.74) is 0.758. The summed E-state index contributed by atoms with van der Waals surface area (Å²) in [6.45, 7) is 0. The minimum Gasteiger partial charge on any atom is -0.407 e. The van der Waals surface area contributed by atoms with Gasteiger partial charge in [0.15, 0.2) is 0 Å². The molecule has 0 saturated carbocycles. The second kappa shape index (κ2) is 4.59. The van der Waals surface area contributed by atoms with E-state index in [1.807, 2.05) is 6.07 Å². The van der Waals surface area contributed by atoms with Gasteiger partial charge in [0.05, 0.1) is 11.9 Å². The standard InChI is InChI=1S/C8H6BrClN4O/c9-5-1-6(4-11-3-5)12-8-14-13-7(2-10)15-8/h1,3-4H,2H2,(H,12,14). The lowest BCUT2D eigenvalue weighted by Gasteiger charge is -1.99. The molecule has 0 spiro atoms. The summed E-state index contributed by atoms with van der Waals surface area (Å²) < 4.78 is 6.03. The van der Waals surface area contributed by atoms with Crippen molar-refractivity contribution in [1.82, 2.24) is 15.2 Å². The van der Waals surface area contributed by atoms with E-state index in [0.717, 1.165) is 10.2 Å². The maximum Gasteiger partial charge on any atom is 0.320 e. The van der Waals surface area contributed by atoms with Gasteiger partial charge in [0, 0.05) is 10.7 Å². The van der Waals surface area contributed by atoms with Crippen molar-refractivity contribution in [2.45, 2.75) is 5.88 Å². The number of anilines is 2. The summed E-state index contributed by atoms with van der Waals surface area (Å²) in [4.78, 5) is 3.98. The van der Waals surface area contributed by atoms with Crippen LogP contribution in [0.15, 0.2) is 27.3 Å². The number of aromatic nitrogens is 3. The Balaban J connectivity index is 2.14. The number of rotatable bonds is 3. The highest BCUT2D eigenvalue weighted by Gasteiger charge is 2.04. The maximum atomic E-state index is 5.52. The second-order valence-corrected chi connectivity index (χ2v) is 3.83. The zero-order valence-corrected chi connectivity index (χ0v) is 9.79. The van der Waals surface area contributed by atoms with Crippen LogP contribution in [0.3, 0.4) is 0 Å². The van der Waals surface area contributed by atoms with E-state index in [0.29, 0.717) is 11.9 Å². The number of hydrogen-bond acceptors (Lipinski definition) is 5. The molecule has 0 aliphatic heterocycles. The van der Waals surface area contributed by atoms with E-state index in [2.05, 4.69) is 36.4 Å². The normalized spacial score (nSPS) is 10.3. The first-order valence-corrected chi connectivity index (χ1v) is 5.36. The Morgan fingerprint density at radius 2 is 2.27 bits per heavy atom. The first-order valence-electron chi connectivity index (χ1n) is 4.04. The van der Waals surface area contributed by atoms with Crippen LogP contribution >= 0.6 is 27.5 Å². The molecule has 2 aromatic heterocycles. The van der Waals surface area contributed by atoms with Gasteiger partial charge >= 0.3 is 6.01 Å². The topological polar surface area (TPSA) is 63.8 Å². The molecule has 0 amide bonds. The molecule has 2 rings (SSSR count). The van der Waals surface area contributed by atoms with Crippen molar-refractivity contribution < 1.29 is 4.42 Å². The van der Waals surface area contributed by atoms with Gasteiger partial charge in [-0.05, 0) is 22.0 Å². The van der Waals surface area contributed by atoms with Crippen molar-refractivity contribution in [2.75, 3.05) is 5.32 Å². The number of nitrogens with one attached hydrogen (secondary N) is 1. The van der Waals surface area contributed by atoms with E-state index in [4.69, 9.17) is 16.0 Å². The summed E-state index contributed by atoms with van der Waals surface area (Å²) in [7, 11) is 0. The molecule has 1 N–H and O–H groups in total. The van der Waals surface area contributed by atoms with Crippen LogP contribution in [0.1, 0.15) is 5.89 Å². The Bertz CT molecular complexity index is 461. The van der Waals surface area contributed by atoms with Gasteiger partial charge in [0.2, 0.25) is 5.89 Å². The summed E-state index contributed by atoms with van der Waals surface area (Å²) >= 11 is 8.83. The largest absolute Gasteiger partial charge is 0.407 e. The molecule has 0 unspecified atom stereocenters. The third-order valence-electron chi connectivity index (χ3n) is 1.54. The van der Waals surface area contributed by atoms with Crippen LogP contribution in [0, 0.1) is 0 Å². The minimum absolute atomic E-state index is 0.200. The van der Waals surface area contributed by atoms with Crippen LogP contribution in [0.4, 0.5) is 11.7 Å². The van der Waals surface area contributed by atoms with Crippen LogP contribution in [0.25, 0.3) is 0 Å². The maximum absolute atomic E-state index is 5.52. The molecule has 0 fully saturated rings. The lowest BCUT2D eigenvalue weighted by atomic mass is 10.4. The van der Waals surface area contributed by atoms with Crippen LogP contribution < -0.4 is 5.32 Å². The molecule has 0 aliphatic rings. The van der Waals surface area contributed by atoms with Gasteiger partial charge in [0.25, 0.3) is 0 Å². The summed E-state index contributed by atoms with van der Waals surface area (Å²) in [5, 5.41) is 10.4. The zero-order chi connectivity index (χ0) is 10.7. The predicted molar refractivity (Wildman–Crippen MR) is 59.1 cm³/mol. The van der Waals surface area contributed by atoms with Crippen LogP contribution in [-0.2, 0) is 5.88 Å². The van der Waals surface area contributed by atoms with Crippen LogP contribution in [0.5, 0.6) is 0 Å². The van der Waals surface area contributed by atoms with E-state index in [1.165, 1.54) is 0 Å². The van der Waals surface area contributed by atoms with Gasteiger partial charge in [-0.1, -0.05) is 5.10 Å². The Morgan fingerprint density at radius 1 is 1.40 bits per heavy atom. The molecule has 0 saturated heterocycles. The molecule has 0 bridgehead atoms. The van der Waals surface area contributed by atoms with Gasteiger partial charge < -0.3 is 9.73 Å². The number of nitrogens with zero attached hydrogens (tertiary/aromatic N) is 3. The van der Waals surface area contributed by atoms with E-state index >= 15 is 0 Å². The molecule has 2 aromatic rings. The minimum atomic E-state index is 0.200. The van der Waals surface area contributed by atoms with Crippen molar-refractivity contribution in [1.29, 1.82) is 0 Å². The van der Waals surface area contributed by atoms with Crippen molar-refractivity contribution in [3.05, 3.63) is 28.8 Å². The quantitative estimate of drug-likeness (QED) is 0.880. The molecule has 0 aromatic carbocycles. The Hall–Kier alpha value is -1.14. The SMILES string of the molecule is ClCc1nnc(Nc2cncc(Br)c2)o1. The molecule has 5 nitrogen and oxygen atoms in total. The van der Waals surface area contributed by atoms with E-state index in [9.17, 15) is 0 Å². The highest BCUT2D eigenvalue weighted by molar-refractivity contribution is 9.10. The lowest BCUT2D eigenvalue weighted by molar-refractivity contribution is 0.530. The molecular weight excluding hydrogens is 283 g/mol. The fourth-order valence-corrected chi connectivity index (χ4v) is 1.43. The first-order chi connectivity index (χ1) is 7.28. The number of pyridine rings is 1. The van der Waals surface area contributed by atoms with E-state index in [-0.39, 0.29) is 5.88 Å². The van der Waals surface area contributed by atoms with Crippen molar-refractivity contribution in [3.63, 3.8) is 0 Å². The van der Waals surface area contributed by atoms with Gasteiger partial charge in [-0.3, -0.25) is 4.98 Å². The average molecular weight is 290 g/mol. The van der Waals surface area contributed by atoms with Gasteiger partial charge in [-0.15, -0.1) is 16.7 Å². The molecule has 0 atom stereocenters. The van der Waals surface area contributed by atoms with Gasteiger partial charge in [0.1, 0.15) is 5.88 Å². The highest BCUT2D eigenvalue weighted by Crippen LogP contribution is 2.18. The summed E-state index contributed by atoms with van der Waals surface area (Å²) in [5.74, 6) is 0.577. The molecule has 78 valence electrons. The zero-order valence-electron chi connectivity index (χ0n) is 7.44. The molecule has 7 heteroatoms. The number of hydrogen-bond donors (Lipinski definition) is 1. The smallest absolute Gasteiger partial charge is 0.320 e. The fraction of sp³-hybridized carbons (Fsp3) is 0.125. The lowest BCUT2D eigenvalue weighted by Crippen LogP contribution is -1.90. The molecule has 2 heterocycles. The molecule has 15 heavy (non-hydrogen) atoms. The third-order valence-corrected chi connectivity index (χ3v) is 2.20. The van der Waals surface area contributed by atoms with Crippen LogP contribution in [-0.4, -0.2) is 15.2 Å². The fourth-order valence-electron chi connectivity index (χ4n) is 0.962. The van der Waals surface area contributed by atoms with Crippen molar-refractivity contribution in [3.8, 4) is 0 Å². The monoisotopic (exact) mass is 288 g/mol. The average Bonchev–Trinajstić information content (AvgIpc) is 2.65. The van der Waals surface area contributed by atoms with E-state index < -0.39 is 0 Å². The molecule has 0 radical (unpaired) electrons.